The molecule has 0 bridgehead atoms. The van der Waals surface area contributed by atoms with Gasteiger partial charge in [0, 0.05) is 23.1 Å². The molecule has 0 radical (unpaired) electrons. The molecular weight excluding hydrogens is 304 g/mol. The van der Waals surface area contributed by atoms with Crippen molar-refractivity contribution in [2.75, 3.05) is 16.8 Å². The molecule has 7 nitrogen and oxygen atoms in total. The van der Waals surface area contributed by atoms with Gasteiger partial charge >= 0.3 is 0 Å². The number of hydrogen-bond donors (Lipinski definition) is 4. The average molecular weight is 320 g/mol. The smallest absolute Gasteiger partial charge is 0.222 e. The molecule has 0 unspecified atom stereocenters. The first kappa shape index (κ1) is 15.3. The lowest BCUT2D eigenvalue weighted by Crippen LogP contribution is -2.30. The molecule has 1 aliphatic heterocycles. The molecule has 0 aromatic heterocycles. The molecular formula is C17H16N6O. The second kappa shape index (κ2) is 6.25. The highest BCUT2D eigenvalue weighted by atomic mass is 16.1. The zero-order valence-electron chi connectivity index (χ0n) is 12.7. The summed E-state index contributed by atoms with van der Waals surface area (Å²) in [6.07, 6.45) is 1.37. The number of rotatable bonds is 3. The highest BCUT2D eigenvalue weighted by Gasteiger charge is 2.18. The number of benzene rings is 2. The van der Waals surface area contributed by atoms with Crippen LogP contribution in [0.4, 0.5) is 22.7 Å². The number of nitrogen functional groups attached to an aromatic ring is 2. The fourth-order valence-electron chi connectivity index (χ4n) is 2.07. The van der Waals surface area contributed by atoms with Gasteiger partial charge in [-0.25, -0.2) is 9.98 Å². The van der Waals surface area contributed by atoms with E-state index in [1.807, 2.05) is 0 Å². The van der Waals surface area contributed by atoms with Gasteiger partial charge in [0.1, 0.15) is 0 Å². The van der Waals surface area contributed by atoms with Crippen LogP contribution in [0.25, 0.3) is 0 Å². The molecule has 24 heavy (non-hydrogen) atoms. The number of nitrogens with two attached hydrogens (primary N) is 3. The number of carbonyl (C=O) groups is 1. The Morgan fingerprint density at radius 3 is 2.08 bits per heavy atom. The maximum Gasteiger partial charge on any atom is 0.222 e. The molecule has 1 aliphatic rings. The van der Waals surface area contributed by atoms with Gasteiger partial charge in [0.2, 0.25) is 5.78 Å². The number of aliphatic imine (C=N–C) groups is 2. The van der Waals surface area contributed by atoms with Gasteiger partial charge in [0.15, 0.2) is 11.7 Å². The van der Waals surface area contributed by atoms with Gasteiger partial charge in [-0.05, 0) is 48.5 Å². The van der Waals surface area contributed by atoms with E-state index >= 15 is 0 Å². The van der Waals surface area contributed by atoms with Crippen molar-refractivity contribution in [1.29, 1.82) is 0 Å². The Morgan fingerprint density at radius 1 is 0.875 bits per heavy atom. The Hall–Kier alpha value is -3.61. The SMILES string of the molecule is NC1=N/C(=N/c2ccc(N)cc2)C(Nc2ccc(N)cc2)=CC1=O. The third kappa shape index (κ3) is 3.41. The largest absolute Gasteiger partial charge is 0.399 e. The lowest BCUT2D eigenvalue weighted by Gasteiger charge is -2.15. The van der Waals surface area contributed by atoms with Crippen LogP contribution in [0.5, 0.6) is 0 Å². The van der Waals surface area contributed by atoms with Crippen molar-refractivity contribution in [2.45, 2.75) is 0 Å². The van der Waals surface area contributed by atoms with Gasteiger partial charge in [0.05, 0.1) is 11.4 Å². The van der Waals surface area contributed by atoms with Crippen molar-refractivity contribution in [2.24, 2.45) is 15.7 Å². The van der Waals surface area contributed by atoms with Crippen LogP contribution >= 0.6 is 0 Å². The topological polar surface area (TPSA) is 132 Å². The van der Waals surface area contributed by atoms with Gasteiger partial charge < -0.3 is 22.5 Å². The number of hydrogen-bond acceptors (Lipinski definition) is 6. The van der Waals surface area contributed by atoms with Crippen LogP contribution in [-0.2, 0) is 4.79 Å². The molecule has 120 valence electrons. The van der Waals surface area contributed by atoms with Gasteiger partial charge in [-0.15, -0.1) is 0 Å². The molecule has 0 atom stereocenters. The number of dihydropyridines is 1. The average Bonchev–Trinajstić information content (AvgIpc) is 2.56. The first-order chi connectivity index (χ1) is 11.5. The van der Waals surface area contributed by atoms with E-state index in [0.29, 0.717) is 28.6 Å². The summed E-state index contributed by atoms with van der Waals surface area (Å²) in [7, 11) is 0. The van der Waals surface area contributed by atoms with Gasteiger partial charge in [-0.2, -0.15) is 0 Å². The number of ketones is 1. The molecule has 0 aliphatic carbocycles. The van der Waals surface area contributed by atoms with Crippen LogP contribution < -0.4 is 22.5 Å². The highest BCUT2D eigenvalue weighted by Crippen LogP contribution is 2.20. The van der Waals surface area contributed by atoms with Crippen LogP contribution in [-0.4, -0.2) is 17.5 Å². The van der Waals surface area contributed by atoms with Crippen molar-refractivity contribution in [3.63, 3.8) is 0 Å². The second-order valence-electron chi connectivity index (χ2n) is 5.19. The summed E-state index contributed by atoms with van der Waals surface area (Å²) in [6, 6.07) is 14.1. The lowest BCUT2D eigenvalue weighted by atomic mass is 10.2. The van der Waals surface area contributed by atoms with Crippen molar-refractivity contribution in [3.8, 4) is 0 Å². The Labute approximate surface area is 138 Å². The third-order valence-electron chi connectivity index (χ3n) is 3.31. The third-order valence-corrected chi connectivity index (χ3v) is 3.31. The summed E-state index contributed by atoms with van der Waals surface area (Å²) >= 11 is 0. The minimum absolute atomic E-state index is 0.105. The maximum atomic E-state index is 11.8. The number of nitrogens with zero attached hydrogens (tertiary/aromatic N) is 2. The normalized spacial score (nSPS) is 15.8. The van der Waals surface area contributed by atoms with E-state index in [0.717, 1.165) is 5.69 Å². The molecule has 1 heterocycles. The van der Waals surface area contributed by atoms with Crippen LogP contribution in [0.15, 0.2) is 70.3 Å². The molecule has 0 saturated carbocycles. The number of nitrogens with one attached hydrogen (secondary N) is 1. The fraction of sp³-hybridized carbons (Fsp3) is 0. The van der Waals surface area contributed by atoms with E-state index in [4.69, 9.17) is 17.2 Å². The minimum Gasteiger partial charge on any atom is -0.399 e. The molecule has 0 spiro atoms. The van der Waals surface area contributed by atoms with Crippen molar-refractivity contribution >= 4 is 40.2 Å². The quantitative estimate of drug-likeness (QED) is 0.640. The molecule has 2 aromatic rings. The Balaban J connectivity index is 1.94. The first-order valence-electron chi connectivity index (χ1n) is 7.18. The summed E-state index contributed by atoms with van der Waals surface area (Å²) in [6.45, 7) is 0. The van der Waals surface area contributed by atoms with Gasteiger partial charge in [0.25, 0.3) is 0 Å². The first-order valence-corrected chi connectivity index (χ1v) is 7.18. The molecule has 0 saturated heterocycles. The molecule has 3 rings (SSSR count). The van der Waals surface area contributed by atoms with E-state index in [9.17, 15) is 4.79 Å². The minimum atomic E-state index is -0.371. The summed E-state index contributed by atoms with van der Waals surface area (Å²) in [5, 5.41) is 3.11. The van der Waals surface area contributed by atoms with Gasteiger partial charge in [-0.1, -0.05) is 0 Å². The van der Waals surface area contributed by atoms with Crippen LogP contribution in [0, 0.1) is 0 Å². The number of amidine groups is 2. The summed E-state index contributed by atoms with van der Waals surface area (Å²) in [5.74, 6) is -0.162. The van der Waals surface area contributed by atoms with Crippen molar-refractivity contribution < 1.29 is 4.79 Å². The lowest BCUT2D eigenvalue weighted by molar-refractivity contribution is -0.109. The molecule has 7 heteroatoms. The van der Waals surface area contributed by atoms with E-state index in [1.54, 1.807) is 48.5 Å². The van der Waals surface area contributed by atoms with Crippen LogP contribution in [0.2, 0.25) is 0 Å². The summed E-state index contributed by atoms with van der Waals surface area (Å²) in [5.41, 5.74) is 20.1. The number of carbonyl (C=O) groups excluding carboxylic acids is 1. The predicted molar refractivity (Wildman–Crippen MR) is 97.1 cm³/mol. The van der Waals surface area contributed by atoms with Crippen LogP contribution in [0.1, 0.15) is 0 Å². The molecule has 2 aromatic carbocycles. The van der Waals surface area contributed by atoms with E-state index < -0.39 is 0 Å². The summed E-state index contributed by atoms with van der Waals surface area (Å²) < 4.78 is 0. The zero-order valence-corrected chi connectivity index (χ0v) is 12.7. The Morgan fingerprint density at radius 2 is 1.46 bits per heavy atom. The Kier molecular flexibility index (Phi) is 3.98. The van der Waals surface area contributed by atoms with Crippen molar-refractivity contribution in [1.82, 2.24) is 0 Å². The van der Waals surface area contributed by atoms with E-state index in [-0.39, 0.29) is 11.6 Å². The fourth-order valence-corrected chi connectivity index (χ4v) is 2.07. The zero-order chi connectivity index (χ0) is 17.1. The molecule has 0 amide bonds. The predicted octanol–water partition coefficient (Wildman–Crippen LogP) is 1.82. The standard InChI is InChI=1S/C17H16N6O/c18-10-1-5-12(6-2-10)21-14-9-15(24)16(20)23-17(14)22-13-7-3-11(19)4-8-13/h1-9,21H,18-19H2,(H2,20,22,23). The highest BCUT2D eigenvalue weighted by molar-refractivity contribution is 6.47. The maximum absolute atomic E-state index is 11.8. The van der Waals surface area contributed by atoms with Crippen molar-refractivity contribution in [3.05, 3.63) is 60.3 Å². The molecule has 0 fully saturated rings. The van der Waals surface area contributed by atoms with E-state index in [1.165, 1.54) is 6.08 Å². The second-order valence-corrected chi connectivity index (χ2v) is 5.19. The van der Waals surface area contributed by atoms with E-state index in [2.05, 4.69) is 15.3 Å². The summed E-state index contributed by atoms with van der Waals surface area (Å²) in [4.78, 5) is 20.3. The Bertz CT molecular complexity index is 863. The van der Waals surface area contributed by atoms with Crippen LogP contribution in [0.3, 0.4) is 0 Å². The number of anilines is 3. The monoisotopic (exact) mass is 320 g/mol. The van der Waals surface area contributed by atoms with Gasteiger partial charge in [-0.3, -0.25) is 4.79 Å². The molecule has 7 N–H and O–H groups in total.